The molecule has 92 valence electrons. The Morgan fingerprint density at radius 2 is 2.12 bits per heavy atom. The Bertz CT molecular complexity index is 265. The van der Waals surface area contributed by atoms with Gasteiger partial charge in [0, 0.05) is 12.0 Å². The molecule has 0 aliphatic heterocycles. The Kier molecular flexibility index (Phi) is 4.77. The van der Waals surface area contributed by atoms with Crippen LogP contribution in [0, 0.1) is 11.8 Å². The fourth-order valence-corrected chi connectivity index (χ4v) is 2.35. The first-order chi connectivity index (χ1) is 7.49. The van der Waals surface area contributed by atoms with Crippen LogP contribution in [0.1, 0.15) is 46.0 Å². The zero-order chi connectivity index (χ0) is 12.1. The van der Waals surface area contributed by atoms with Crippen molar-refractivity contribution in [3.05, 3.63) is 0 Å². The number of amides is 1. The predicted octanol–water partition coefficient (Wildman–Crippen LogP) is 1.79. The Balaban J connectivity index is 2.36. The Labute approximate surface area is 96.4 Å². The lowest BCUT2D eigenvalue weighted by molar-refractivity contribution is -0.137. The maximum absolute atomic E-state index is 11.8. The fourth-order valence-electron chi connectivity index (χ4n) is 2.35. The number of carbonyl (C=O) groups is 2. The lowest BCUT2D eigenvalue weighted by Crippen LogP contribution is -2.39. The monoisotopic (exact) mass is 227 g/mol. The molecule has 0 radical (unpaired) electrons. The van der Waals surface area contributed by atoms with Crippen molar-refractivity contribution >= 4 is 11.9 Å². The van der Waals surface area contributed by atoms with Gasteiger partial charge in [0.15, 0.2) is 0 Å². The van der Waals surface area contributed by atoms with Gasteiger partial charge < -0.3 is 10.4 Å². The van der Waals surface area contributed by atoms with Crippen LogP contribution in [0.25, 0.3) is 0 Å². The highest BCUT2D eigenvalue weighted by atomic mass is 16.4. The molecule has 0 unspecified atom stereocenters. The summed E-state index contributed by atoms with van der Waals surface area (Å²) in [6.07, 6.45) is 4.18. The van der Waals surface area contributed by atoms with E-state index >= 15 is 0 Å². The Hall–Kier alpha value is -1.06. The summed E-state index contributed by atoms with van der Waals surface area (Å²) in [4.78, 5) is 22.3. The molecule has 1 saturated carbocycles. The van der Waals surface area contributed by atoms with E-state index in [0.717, 1.165) is 19.3 Å². The molecule has 0 aromatic rings. The summed E-state index contributed by atoms with van der Waals surface area (Å²) in [7, 11) is 0. The van der Waals surface area contributed by atoms with Gasteiger partial charge in [-0.1, -0.05) is 19.8 Å². The summed E-state index contributed by atoms with van der Waals surface area (Å²) in [5.74, 6) is -0.149. The van der Waals surface area contributed by atoms with Gasteiger partial charge in [-0.15, -0.1) is 0 Å². The summed E-state index contributed by atoms with van der Waals surface area (Å²) in [6, 6.07) is -0.276. The van der Waals surface area contributed by atoms with Gasteiger partial charge in [-0.2, -0.15) is 0 Å². The molecule has 4 nitrogen and oxygen atoms in total. The van der Waals surface area contributed by atoms with E-state index < -0.39 is 5.97 Å². The van der Waals surface area contributed by atoms with Gasteiger partial charge in [0.2, 0.25) is 5.91 Å². The van der Waals surface area contributed by atoms with Gasteiger partial charge in [0.25, 0.3) is 0 Å². The molecule has 16 heavy (non-hydrogen) atoms. The fraction of sp³-hybridized carbons (Fsp3) is 0.833. The van der Waals surface area contributed by atoms with Crippen molar-refractivity contribution in [1.82, 2.24) is 5.32 Å². The summed E-state index contributed by atoms with van der Waals surface area (Å²) in [6.45, 7) is 3.90. The molecule has 4 heteroatoms. The summed E-state index contributed by atoms with van der Waals surface area (Å²) in [5, 5.41) is 11.4. The second kappa shape index (κ2) is 5.87. The number of hydrogen-bond acceptors (Lipinski definition) is 2. The van der Waals surface area contributed by atoms with Crippen molar-refractivity contribution in [2.75, 3.05) is 0 Å². The van der Waals surface area contributed by atoms with Crippen molar-refractivity contribution in [2.24, 2.45) is 11.8 Å². The van der Waals surface area contributed by atoms with E-state index in [4.69, 9.17) is 5.11 Å². The molecule has 2 N–H and O–H groups in total. The number of carboxylic acids is 1. The van der Waals surface area contributed by atoms with E-state index in [9.17, 15) is 9.59 Å². The molecule has 3 atom stereocenters. The summed E-state index contributed by atoms with van der Waals surface area (Å²) < 4.78 is 0. The Morgan fingerprint density at radius 1 is 1.44 bits per heavy atom. The second-order valence-corrected chi connectivity index (χ2v) is 4.98. The lowest BCUT2D eigenvalue weighted by atomic mass is 9.82. The molecule has 1 aliphatic carbocycles. The molecule has 0 aromatic heterocycles. The largest absolute Gasteiger partial charge is 0.481 e. The molecule has 1 amide bonds. The molecule has 1 aliphatic rings. The van der Waals surface area contributed by atoms with Crippen LogP contribution in [-0.4, -0.2) is 23.0 Å². The average Bonchev–Trinajstić information content (AvgIpc) is 2.16. The highest BCUT2D eigenvalue weighted by Gasteiger charge is 2.25. The highest BCUT2D eigenvalue weighted by molar-refractivity contribution is 5.79. The molecule has 0 aromatic carbocycles. The van der Waals surface area contributed by atoms with E-state index in [1.54, 1.807) is 6.92 Å². The molecule has 0 heterocycles. The third-order valence-electron chi connectivity index (χ3n) is 3.18. The van der Waals surface area contributed by atoms with Crippen molar-refractivity contribution in [3.63, 3.8) is 0 Å². The van der Waals surface area contributed by atoms with Crippen LogP contribution in [0.4, 0.5) is 0 Å². The number of hydrogen-bond donors (Lipinski definition) is 2. The molecule has 0 spiro atoms. The first-order valence-electron chi connectivity index (χ1n) is 6.01. The SMILES string of the molecule is C[C@@H]1CCC[C@@H](C(=O)N[C@@H](C)CC(=O)O)C1. The number of carbonyl (C=O) groups excluding carboxylic acids is 1. The van der Waals surface area contributed by atoms with E-state index in [2.05, 4.69) is 12.2 Å². The van der Waals surface area contributed by atoms with Crippen LogP contribution in [0.5, 0.6) is 0 Å². The van der Waals surface area contributed by atoms with Crippen LogP contribution >= 0.6 is 0 Å². The number of rotatable bonds is 4. The minimum atomic E-state index is -0.871. The molecule has 1 rings (SSSR count). The van der Waals surface area contributed by atoms with Gasteiger partial charge >= 0.3 is 5.97 Å². The maximum atomic E-state index is 11.8. The zero-order valence-corrected chi connectivity index (χ0v) is 10.0. The minimum Gasteiger partial charge on any atom is -0.481 e. The van der Waals surface area contributed by atoms with Crippen LogP contribution in [-0.2, 0) is 9.59 Å². The van der Waals surface area contributed by atoms with Crippen LogP contribution < -0.4 is 5.32 Å². The van der Waals surface area contributed by atoms with Crippen molar-refractivity contribution in [2.45, 2.75) is 52.0 Å². The Morgan fingerprint density at radius 3 is 2.69 bits per heavy atom. The van der Waals surface area contributed by atoms with Gasteiger partial charge in [-0.25, -0.2) is 0 Å². The number of carboxylic acid groups (broad SMARTS) is 1. The summed E-state index contributed by atoms with van der Waals surface area (Å²) >= 11 is 0. The van der Waals surface area contributed by atoms with Crippen molar-refractivity contribution < 1.29 is 14.7 Å². The van der Waals surface area contributed by atoms with Gasteiger partial charge in [-0.3, -0.25) is 9.59 Å². The minimum absolute atomic E-state index is 0.00594. The van der Waals surface area contributed by atoms with Gasteiger partial charge in [0.1, 0.15) is 0 Å². The standard InChI is InChI=1S/C12H21NO3/c1-8-4-3-5-10(6-8)12(16)13-9(2)7-11(14)15/h8-10H,3-7H2,1-2H3,(H,13,16)(H,14,15)/t8-,9+,10-/m1/s1. The smallest absolute Gasteiger partial charge is 0.305 e. The molecular weight excluding hydrogens is 206 g/mol. The molecule has 0 saturated heterocycles. The normalized spacial score (nSPS) is 27.1. The lowest BCUT2D eigenvalue weighted by Gasteiger charge is -2.26. The zero-order valence-electron chi connectivity index (χ0n) is 10.0. The van der Waals surface area contributed by atoms with Crippen molar-refractivity contribution in [1.29, 1.82) is 0 Å². The maximum Gasteiger partial charge on any atom is 0.305 e. The third-order valence-corrected chi connectivity index (χ3v) is 3.18. The average molecular weight is 227 g/mol. The van der Waals surface area contributed by atoms with E-state index in [1.807, 2.05) is 0 Å². The van der Waals surface area contributed by atoms with Gasteiger partial charge in [0.05, 0.1) is 6.42 Å². The van der Waals surface area contributed by atoms with E-state index in [0.29, 0.717) is 5.92 Å². The molecule has 0 bridgehead atoms. The van der Waals surface area contributed by atoms with Crippen LogP contribution in [0.2, 0.25) is 0 Å². The van der Waals surface area contributed by atoms with Crippen molar-refractivity contribution in [3.8, 4) is 0 Å². The summed E-state index contributed by atoms with van der Waals surface area (Å²) in [5.41, 5.74) is 0. The first-order valence-corrected chi connectivity index (χ1v) is 6.01. The third kappa shape index (κ3) is 4.21. The van der Waals surface area contributed by atoms with Gasteiger partial charge in [-0.05, 0) is 25.7 Å². The highest BCUT2D eigenvalue weighted by Crippen LogP contribution is 2.28. The molecule has 1 fully saturated rings. The number of aliphatic carboxylic acids is 1. The van der Waals surface area contributed by atoms with Crippen LogP contribution in [0.3, 0.4) is 0 Å². The second-order valence-electron chi connectivity index (χ2n) is 4.98. The van der Waals surface area contributed by atoms with Crippen LogP contribution in [0.15, 0.2) is 0 Å². The quantitative estimate of drug-likeness (QED) is 0.769. The van der Waals surface area contributed by atoms with E-state index in [-0.39, 0.29) is 24.3 Å². The topological polar surface area (TPSA) is 66.4 Å². The van der Waals surface area contributed by atoms with E-state index in [1.165, 1.54) is 6.42 Å². The first kappa shape index (κ1) is 13.0. The molecular formula is C12H21NO3. The number of nitrogens with one attached hydrogen (secondary N) is 1. The predicted molar refractivity (Wildman–Crippen MR) is 61.0 cm³/mol.